The van der Waals surface area contributed by atoms with E-state index >= 15 is 0 Å². The topological polar surface area (TPSA) is 79.2 Å². The molecule has 6 nitrogen and oxygen atoms in total. The van der Waals surface area contributed by atoms with Gasteiger partial charge in [0.1, 0.15) is 0 Å². The second kappa shape index (κ2) is 7.28. The Labute approximate surface area is 120 Å². The summed E-state index contributed by atoms with van der Waals surface area (Å²) in [6.07, 6.45) is 3.43. The number of aromatic nitrogens is 2. The lowest BCUT2D eigenvalue weighted by molar-refractivity contribution is 0.115. The molecular weight excluding hydrogens is 256 g/mol. The van der Waals surface area contributed by atoms with Gasteiger partial charge in [0.2, 0.25) is 0 Å². The van der Waals surface area contributed by atoms with Gasteiger partial charge in [0.05, 0.1) is 12.8 Å². The van der Waals surface area contributed by atoms with Crippen molar-refractivity contribution in [2.75, 3.05) is 13.2 Å². The van der Waals surface area contributed by atoms with Crippen molar-refractivity contribution in [3.8, 4) is 0 Å². The lowest BCUT2D eigenvalue weighted by atomic mass is 9.83. The summed E-state index contributed by atoms with van der Waals surface area (Å²) in [5.74, 6) is 0. The van der Waals surface area contributed by atoms with Crippen LogP contribution in [-0.4, -0.2) is 34.1 Å². The molecule has 1 heterocycles. The number of aliphatic hydroxyl groups excluding tert-OH is 1. The van der Waals surface area contributed by atoms with Gasteiger partial charge in [0, 0.05) is 36.8 Å². The molecular formula is C14H26N4O2. The molecule has 0 spiro atoms. The van der Waals surface area contributed by atoms with Crippen molar-refractivity contribution in [2.45, 2.75) is 40.2 Å². The van der Waals surface area contributed by atoms with Crippen LogP contribution in [0.2, 0.25) is 0 Å². The van der Waals surface area contributed by atoms with E-state index in [1.54, 1.807) is 10.9 Å². The average Bonchev–Trinajstić information content (AvgIpc) is 2.79. The Kier molecular flexibility index (Phi) is 6.01. The van der Waals surface area contributed by atoms with E-state index in [0.29, 0.717) is 13.1 Å². The zero-order chi connectivity index (χ0) is 15.2. The normalized spacial score (nSPS) is 11.4. The number of hydrogen-bond donors (Lipinski definition) is 3. The fourth-order valence-corrected chi connectivity index (χ4v) is 2.00. The van der Waals surface area contributed by atoms with Gasteiger partial charge in [-0.2, -0.15) is 5.10 Å². The molecule has 0 saturated heterocycles. The molecule has 0 aliphatic heterocycles. The van der Waals surface area contributed by atoms with E-state index in [4.69, 9.17) is 0 Å². The van der Waals surface area contributed by atoms with Crippen molar-refractivity contribution in [1.82, 2.24) is 20.4 Å². The molecule has 114 valence electrons. The van der Waals surface area contributed by atoms with E-state index in [9.17, 15) is 9.90 Å². The van der Waals surface area contributed by atoms with Gasteiger partial charge in [0.15, 0.2) is 0 Å². The smallest absolute Gasteiger partial charge is 0.315 e. The molecule has 2 amide bonds. The summed E-state index contributed by atoms with van der Waals surface area (Å²) >= 11 is 0. The predicted octanol–water partition coefficient (Wildman–Crippen LogP) is 1.33. The van der Waals surface area contributed by atoms with Gasteiger partial charge in [-0.05, 0) is 19.8 Å². The van der Waals surface area contributed by atoms with Crippen LogP contribution in [0, 0.1) is 12.3 Å². The SMILES string of the molecule is CCC(CC)(CO)CNC(=O)NCc1cnn(C)c1C. The van der Waals surface area contributed by atoms with Gasteiger partial charge in [0.25, 0.3) is 0 Å². The average molecular weight is 282 g/mol. The molecule has 6 heteroatoms. The summed E-state index contributed by atoms with van der Waals surface area (Å²) in [4.78, 5) is 11.8. The first kappa shape index (κ1) is 16.5. The largest absolute Gasteiger partial charge is 0.396 e. The van der Waals surface area contributed by atoms with Gasteiger partial charge >= 0.3 is 6.03 Å². The maximum absolute atomic E-state index is 11.8. The first-order valence-corrected chi connectivity index (χ1v) is 7.08. The van der Waals surface area contributed by atoms with Gasteiger partial charge in [-0.15, -0.1) is 0 Å². The third-order valence-electron chi connectivity index (χ3n) is 4.24. The molecule has 20 heavy (non-hydrogen) atoms. The zero-order valence-corrected chi connectivity index (χ0v) is 12.9. The monoisotopic (exact) mass is 282 g/mol. The van der Waals surface area contributed by atoms with Crippen LogP contribution in [0.4, 0.5) is 4.79 Å². The Morgan fingerprint density at radius 2 is 2.05 bits per heavy atom. The molecule has 1 aromatic rings. The van der Waals surface area contributed by atoms with Gasteiger partial charge < -0.3 is 15.7 Å². The van der Waals surface area contributed by atoms with Gasteiger partial charge in [-0.3, -0.25) is 4.68 Å². The summed E-state index contributed by atoms with van der Waals surface area (Å²) in [6.45, 7) is 7.04. The van der Waals surface area contributed by atoms with E-state index in [2.05, 4.69) is 15.7 Å². The maximum Gasteiger partial charge on any atom is 0.315 e. The highest BCUT2D eigenvalue weighted by Gasteiger charge is 2.25. The molecule has 3 N–H and O–H groups in total. The number of carbonyl (C=O) groups is 1. The quantitative estimate of drug-likeness (QED) is 0.706. The molecule has 1 rings (SSSR count). The van der Waals surface area contributed by atoms with Crippen molar-refractivity contribution in [1.29, 1.82) is 0 Å². The number of aliphatic hydroxyl groups is 1. The molecule has 0 fully saturated rings. The third kappa shape index (κ3) is 3.96. The highest BCUT2D eigenvalue weighted by atomic mass is 16.3. The highest BCUT2D eigenvalue weighted by Crippen LogP contribution is 2.24. The van der Waals surface area contributed by atoms with Crippen LogP contribution in [0.15, 0.2) is 6.20 Å². The first-order valence-electron chi connectivity index (χ1n) is 7.08. The Hall–Kier alpha value is -1.56. The lowest BCUT2D eigenvalue weighted by Gasteiger charge is -2.29. The number of urea groups is 1. The summed E-state index contributed by atoms with van der Waals surface area (Å²) < 4.78 is 1.78. The van der Waals surface area contributed by atoms with Crippen LogP contribution in [0.1, 0.15) is 37.9 Å². The van der Waals surface area contributed by atoms with E-state index < -0.39 is 0 Å². The second-order valence-electron chi connectivity index (χ2n) is 5.28. The number of carbonyl (C=O) groups excluding carboxylic acids is 1. The molecule has 0 aliphatic rings. The molecule has 0 radical (unpaired) electrons. The molecule has 0 unspecified atom stereocenters. The molecule has 1 aromatic heterocycles. The molecule has 0 atom stereocenters. The standard InChI is InChI=1S/C14H26N4O2/c1-5-14(6-2,10-19)9-16-13(20)15-7-12-8-17-18(4)11(12)3/h8,19H,5-7,9-10H2,1-4H3,(H2,15,16,20). The van der Waals surface area contributed by atoms with Crippen molar-refractivity contribution < 1.29 is 9.90 Å². The van der Waals surface area contributed by atoms with E-state index in [1.165, 1.54) is 0 Å². The Morgan fingerprint density at radius 1 is 1.40 bits per heavy atom. The molecule has 0 aromatic carbocycles. The maximum atomic E-state index is 11.8. The number of rotatable bonds is 7. The second-order valence-corrected chi connectivity index (χ2v) is 5.28. The van der Waals surface area contributed by atoms with Crippen molar-refractivity contribution in [2.24, 2.45) is 12.5 Å². The first-order chi connectivity index (χ1) is 9.48. The number of amides is 2. The third-order valence-corrected chi connectivity index (χ3v) is 4.24. The van der Waals surface area contributed by atoms with Crippen molar-refractivity contribution in [3.63, 3.8) is 0 Å². The summed E-state index contributed by atoms with van der Waals surface area (Å²) in [5.41, 5.74) is 1.82. The number of nitrogens with zero attached hydrogens (tertiary/aromatic N) is 2. The minimum atomic E-state index is -0.221. The summed E-state index contributed by atoms with van der Waals surface area (Å²) in [6, 6.07) is -0.215. The van der Waals surface area contributed by atoms with Crippen LogP contribution >= 0.6 is 0 Å². The van der Waals surface area contributed by atoms with E-state index in [-0.39, 0.29) is 18.1 Å². The van der Waals surface area contributed by atoms with Crippen LogP contribution in [-0.2, 0) is 13.6 Å². The minimum absolute atomic E-state index is 0.0853. The van der Waals surface area contributed by atoms with Crippen LogP contribution in [0.25, 0.3) is 0 Å². The number of hydrogen-bond acceptors (Lipinski definition) is 3. The molecule has 0 bridgehead atoms. The van der Waals surface area contributed by atoms with Crippen molar-refractivity contribution >= 4 is 6.03 Å². The van der Waals surface area contributed by atoms with Gasteiger partial charge in [-0.25, -0.2) is 4.79 Å². The summed E-state index contributed by atoms with van der Waals surface area (Å²) in [5, 5.41) is 19.2. The van der Waals surface area contributed by atoms with Crippen molar-refractivity contribution in [3.05, 3.63) is 17.5 Å². The minimum Gasteiger partial charge on any atom is -0.396 e. The predicted molar refractivity (Wildman–Crippen MR) is 78.3 cm³/mol. The Balaban J connectivity index is 2.43. The fourth-order valence-electron chi connectivity index (χ4n) is 2.00. The summed E-state index contributed by atoms with van der Waals surface area (Å²) in [7, 11) is 1.87. The number of nitrogens with one attached hydrogen (secondary N) is 2. The fraction of sp³-hybridized carbons (Fsp3) is 0.714. The lowest BCUT2D eigenvalue weighted by Crippen LogP contribution is -2.43. The molecule has 0 saturated carbocycles. The highest BCUT2D eigenvalue weighted by molar-refractivity contribution is 5.73. The van der Waals surface area contributed by atoms with Crippen LogP contribution in [0.5, 0.6) is 0 Å². The van der Waals surface area contributed by atoms with Gasteiger partial charge in [-0.1, -0.05) is 13.8 Å². The zero-order valence-electron chi connectivity index (χ0n) is 12.9. The van der Waals surface area contributed by atoms with E-state index in [0.717, 1.165) is 24.1 Å². The van der Waals surface area contributed by atoms with E-state index in [1.807, 2.05) is 27.8 Å². The van der Waals surface area contributed by atoms with Crippen LogP contribution in [0.3, 0.4) is 0 Å². The Morgan fingerprint density at radius 3 is 2.50 bits per heavy atom. The molecule has 0 aliphatic carbocycles. The number of aryl methyl sites for hydroxylation is 1. The Bertz CT molecular complexity index is 430. The van der Waals surface area contributed by atoms with Crippen LogP contribution < -0.4 is 10.6 Å².